The molecule has 0 aromatic rings. The molecule has 0 aliphatic carbocycles. The first-order valence-electron chi connectivity index (χ1n) is 5.28. The molecule has 16 heavy (non-hydrogen) atoms. The molecule has 0 fully saturated rings. The van der Waals surface area contributed by atoms with Gasteiger partial charge in [-0.3, -0.25) is 0 Å². The van der Waals surface area contributed by atoms with E-state index < -0.39 is 0 Å². The van der Waals surface area contributed by atoms with Crippen LogP contribution < -0.4 is 0 Å². The molecule has 84 valence electrons. The smallest absolute Gasteiger partial charge is 0.375 e. The van der Waals surface area contributed by atoms with Crippen molar-refractivity contribution in [3.8, 4) is 0 Å². The Morgan fingerprint density at radius 3 is 3.19 bits per heavy atom. The molecule has 5 nitrogen and oxygen atoms in total. The molecule has 0 radical (unpaired) electrons. The standard InChI is InChI=1S/C11H14N3O2/c1-3-16-10(15)7-14-6-9-5-4-8(2)12-11(9)13-14/h4-6,9H,3,7H2,1-2H3/q+1. The lowest BCUT2D eigenvalue weighted by Crippen LogP contribution is -2.18. The molecule has 0 spiro atoms. The van der Waals surface area contributed by atoms with E-state index in [0.29, 0.717) is 6.61 Å². The second-order valence-corrected chi connectivity index (χ2v) is 3.65. The van der Waals surface area contributed by atoms with Gasteiger partial charge in [0.2, 0.25) is 5.84 Å². The van der Waals surface area contributed by atoms with E-state index in [1.165, 1.54) is 0 Å². The molecule has 0 bridgehead atoms. The molecule has 5 heteroatoms. The third kappa shape index (κ3) is 2.24. The summed E-state index contributed by atoms with van der Waals surface area (Å²) in [5.74, 6) is 0.564. The van der Waals surface area contributed by atoms with Gasteiger partial charge in [-0.05, 0) is 19.9 Å². The van der Waals surface area contributed by atoms with Crippen LogP contribution in [0.1, 0.15) is 13.8 Å². The number of rotatable bonds is 3. The van der Waals surface area contributed by atoms with Crippen LogP contribution in [-0.4, -0.2) is 41.6 Å². The molecule has 0 N–H and O–H groups in total. The molecule has 1 unspecified atom stereocenters. The maximum Gasteiger partial charge on any atom is 0.375 e. The molecule has 2 heterocycles. The van der Waals surface area contributed by atoms with Crippen molar-refractivity contribution in [2.45, 2.75) is 13.8 Å². The molecule has 1 atom stereocenters. The fraction of sp³-hybridized carbons (Fsp3) is 0.455. The third-order valence-electron chi connectivity index (χ3n) is 2.29. The van der Waals surface area contributed by atoms with Gasteiger partial charge in [0.15, 0.2) is 6.21 Å². The number of hydrogen-bond donors (Lipinski definition) is 0. The first-order valence-corrected chi connectivity index (χ1v) is 5.28. The summed E-state index contributed by atoms with van der Waals surface area (Å²) in [7, 11) is 0. The highest BCUT2D eigenvalue weighted by Crippen LogP contribution is 2.13. The molecular formula is C11H14N3O2+. The zero-order valence-electron chi connectivity index (χ0n) is 9.38. The van der Waals surface area contributed by atoms with Crippen LogP contribution in [0.5, 0.6) is 0 Å². The summed E-state index contributed by atoms with van der Waals surface area (Å²) in [5, 5.41) is 4.24. The number of dihydropyridines is 1. The lowest BCUT2D eigenvalue weighted by Gasteiger charge is -2.02. The third-order valence-corrected chi connectivity index (χ3v) is 2.29. The molecular weight excluding hydrogens is 206 g/mol. The van der Waals surface area contributed by atoms with E-state index in [0.717, 1.165) is 11.5 Å². The number of carbonyl (C=O) groups is 1. The minimum absolute atomic E-state index is 0.0955. The SMILES string of the molecule is CCOC(=O)C[N+]1=CC2C=CC(C)=NC2=N1. The van der Waals surface area contributed by atoms with Gasteiger partial charge in [0.25, 0.3) is 6.54 Å². The molecule has 0 saturated carbocycles. The van der Waals surface area contributed by atoms with E-state index >= 15 is 0 Å². The molecule has 0 aromatic heterocycles. The Hall–Kier alpha value is -1.78. The first-order chi connectivity index (χ1) is 7.69. The number of aliphatic imine (C=N–C) groups is 1. The molecule has 2 aliphatic rings. The maximum atomic E-state index is 11.3. The van der Waals surface area contributed by atoms with E-state index in [4.69, 9.17) is 4.74 Å². The average molecular weight is 220 g/mol. The van der Waals surface area contributed by atoms with Crippen molar-refractivity contribution in [1.82, 2.24) is 0 Å². The van der Waals surface area contributed by atoms with Crippen molar-refractivity contribution in [2.24, 2.45) is 16.0 Å². The van der Waals surface area contributed by atoms with Gasteiger partial charge in [0, 0.05) is 10.8 Å². The number of allylic oxidation sites excluding steroid dienone is 1. The second kappa shape index (κ2) is 4.38. The number of fused-ring (bicyclic) bond motifs is 1. The Bertz CT molecular complexity index is 433. The van der Waals surface area contributed by atoms with Gasteiger partial charge in [-0.25, -0.2) is 9.79 Å². The molecule has 2 aliphatic heterocycles. The number of ether oxygens (including phenoxy) is 1. The van der Waals surface area contributed by atoms with Gasteiger partial charge in [0.05, 0.1) is 6.61 Å². The Morgan fingerprint density at radius 1 is 1.62 bits per heavy atom. The summed E-state index contributed by atoms with van der Waals surface area (Å²) in [6.45, 7) is 4.25. The number of hydrogen-bond acceptors (Lipinski definition) is 4. The van der Waals surface area contributed by atoms with E-state index in [-0.39, 0.29) is 18.4 Å². The van der Waals surface area contributed by atoms with Gasteiger partial charge >= 0.3 is 5.97 Å². The van der Waals surface area contributed by atoms with Crippen LogP contribution in [0.3, 0.4) is 0 Å². The van der Waals surface area contributed by atoms with Crippen molar-refractivity contribution < 1.29 is 14.2 Å². The highest BCUT2D eigenvalue weighted by Gasteiger charge is 2.29. The summed E-state index contributed by atoms with van der Waals surface area (Å²) in [6.07, 6.45) is 5.85. The molecule has 0 aromatic carbocycles. The quantitative estimate of drug-likeness (QED) is 0.517. The van der Waals surface area contributed by atoms with E-state index in [9.17, 15) is 4.79 Å². The Balaban J connectivity index is 2.05. The molecule has 0 amide bonds. The van der Waals surface area contributed by atoms with Crippen LogP contribution in [0, 0.1) is 5.92 Å². The Kier molecular flexibility index (Phi) is 2.94. The molecule has 0 saturated heterocycles. The first kappa shape index (κ1) is 10.7. The number of carbonyl (C=O) groups excluding carboxylic acids is 1. The Labute approximate surface area is 93.8 Å². The summed E-state index contributed by atoms with van der Waals surface area (Å²) in [6, 6.07) is 0. The topological polar surface area (TPSA) is 54.0 Å². The van der Waals surface area contributed by atoms with E-state index in [1.807, 2.05) is 25.3 Å². The van der Waals surface area contributed by atoms with Crippen molar-refractivity contribution >= 4 is 23.7 Å². The van der Waals surface area contributed by atoms with Crippen LogP contribution in [0.2, 0.25) is 0 Å². The number of hydrazone groups is 1. The average Bonchev–Trinajstić information content (AvgIpc) is 2.59. The fourth-order valence-electron chi connectivity index (χ4n) is 1.60. The van der Waals surface area contributed by atoms with Crippen LogP contribution in [-0.2, 0) is 9.53 Å². The summed E-state index contributed by atoms with van der Waals surface area (Å²) >= 11 is 0. The largest absolute Gasteiger partial charge is 0.461 e. The molecule has 2 rings (SSSR count). The summed E-state index contributed by atoms with van der Waals surface area (Å²) < 4.78 is 6.44. The van der Waals surface area contributed by atoms with Gasteiger partial charge in [-0.2, -0.15) is 0 Å². The zero-order valence-corrected chi connectivity index (χ0v) is 9.38. The van der Waals surface area contributed by atoms with Crippen LogP contribution in [0.15, 0.2) is 22.2 Å². The van der Waals surface area contributed by atoms with Crippen molar-refractivity contribution in [3.05, 3.63) is 12.2 Å². The van der Waals surface area contributed by atoms with Gasteiger partial charge in [-0.1, -0.05) is 10.8 Å². The number of amidine groups is 1. The van der Waals surface area contributed by atoms with E-state index in [2.05, 4.69) is 10.1 Å². The minimum atomic E-state index is -0.272. The second-order valence-electron chi connectivity index (χ2n) is 3.65. The minimum Gasteiger partial charge on any atom is -0.461 e. The van der Waals surface area contributed by atoms with Crippen molar-refractivity contribution in [2.75, 3.05) is 13.2 Å². The highest BCUT2D eigenvalue weighted by atomic mass is 16.5. The normalized spacial score (nSPS) is 22.1. The summed E-state index contributed by atoms with van der Waals surface area (Å²) in [4.78, 5) is 15.6. The van der Waals surface area contributed by atoms with Crippen molar-refractivity contribution in [3.63, 3.8) is 0 Å². The Morgan fingerprint density at radius 2 is 2.44 bits per heavy atom. The van der Waals surface area contributed by atoms with Gasteiger partial charge in [0.1, 0.15) is 5.92 Å². The number of esters is 1. The fourth-order valence-corrected chi connectivity index (χ4v) is 1.60. The zero-order chi connectivity index (χ0) is 11.5. The van der Waals surface area contributed by atoms with Crippen LogP contribution in [0.4, 0.5) is 0 Å². The van der Waals surface area contributed by atoms with Gasteiger partial charge in [-0.15, -0.1) is 0 Å². The van der Waals surface area contributed by atoms with Crippen LogP contribution >= 0.6 is 0 Å². The highest BCUT2D eigenvalue weighted by molar-refractivity contribution is 6.11. The van der Waals surface area contributed by atoms with E-state index in [1.54, 1.807) is 11.6 Å². The number of nitrogens with zero attached hydrogens (tertiary/aromatic N) is 3. The monoisotopic (exact) mass is 220 g/mol. The van der Waals surface area contributed by atoms with Crippen LogP contribution in [0.25, 0.3) is 0 Å². The predicted octanol–water partition coefficient (Wildman–Crippen LogP) is 0.607. The lowest BCUT2D eigenvalue weighted by atomic mass is 10.1. The predicted molar refractivity (Wildman–Crippen MR) is 61.0 cm³/mol. The van der Waals surface area contributed by atoms with Crippen molar-refractivity contribution in [1.29, 1.82) is 0 Å². The maximum absolute atomic E-state index is 11.3. The lowest BCUT2D eigenvalue weighted by molar-refractivity contribution is -0.516. The van der Waals surface area contributed by atoms with Gasteiger partial charge < -0.3 is 4.74 Å². The summed E-state index contributed by atoms with van der Waals surface area (Å²) in [5.41, 5.74) is 0.932.